The second-order valence-electron chi connectivity index (χ2n) is 3.20. The summed E-state index contributed by atoms with van der Waals surface area (Å²) in [6.07, 6.45) is 2.74. The number of aliphatic carboxylic acids is 1. The Hall–Kier alpha value is -0.840. The minimum atomic E-state index is -1.67. The zero-order valence-electron chi connectivity index (χ0n) is 9.31. The summed E-state index contributed by atoms with van der Waals surface area (Å²) >= 11 is 0. The fourth-order valence-electron chi connectivity index (χ4n) is 1.04. The molecule has 1 aromatic rings. The average Bonchev–Trinajstić information content (AvgIpc) is 2.19. The molecule has 1 rings (SSSR count). The van der Waals surface area contributed by atoms with E-state index in [1.165, 1.54) is 11.1 Å². The zero-order chi connectivity index (χ0) is 13.4. The van der Waals surface area contributed by atoms with Crippen molar-refractivity contribution in [1.82, 2.24) is 0 Å². The van der Waals surface area contributed by atoms with E-state index < -0.39 is 15.2 Å². The molecule has 0 saturated carbocycles. The van der Waals surface area contributed by atoms with Crippen LogP contribution in [0.4, 0.5) is 0 Å². The molecule has 0 aliphatic carbocycles. The summed E-state index contributed by atoms with van der Waals surface area (Å²) in [6, 6.07) is 5.85. The summed E-state index contributed by atoms with van der Waals surface area (Å²) in [5, 5.41) is 8.41. The van der Waals surface area contributed by atoms with Crippen LogP contribution in [0.2, 0.25) is 0 Å². The molecule has 0 fully saturated rings. The Kier molecular flexibility index (Phi) is 7.87. The van der Waals surface area contributed by atoms with Gasteiger partial charge >= 0.3 is 5.97 Å². The molecule has 6 heteroatoms. The number of carboxylic acids is 1. The molecule has 94 valence electrons. The van der Waals surface area contributed by atoms with Crippen molar-refractivity contribution in [2.45, 2.75) is 13.8 Å². The molecule has 0 atom stereocenters. The standard InChI is InChI=1S/C11H12O2.Cl2OS/c1-8-3-4-10(7-9(8)2)5-6-11(12)13;1-4(2)3/h3-7H,1-2H3,(H,12,13);/b6-5+;. The second-order valence-corrected chi connectivity index (χ2v) is 5.72. The lowest BCUT2D eigenvalue weighted by Crippen LogP contribution is -1.86. The first-order chi connectivity index (χ1) is 7.82. The van der Waals surface area contributed by atoms with Crippen LogP contribution in [0.25, 0.3) is 6.08 Å². The van der Waals surface area contributed by atoms with Gasteiger partial charge in [-0.25, -0.2) is 9.00 Å². The zero-order valence-corrected chi connectivity index (χ0v) is 11.6. The first-order valence-electron chi connectivity index (χ1n) is 4.55. The molecule has 0 heterocycles. The molecule has 3 nitrogen and oxygen atoms in total. The molecule has 0 spiro atoms. The number of hydrogen-bond acceptors (Lipinski definition) is 2. The van der Waals surface area contributed by atoms with Crippen LogP contribution in [-0.2, 0) is 14.0 Å². The van der Waals surface area contributed by atoms with Crippen LogP contribution in [0.15, 0.2) is 24.3 Å². The third kappa shape index (κ3) is 8.92. The number of carboxylic acid groups (broad SMARTS) is 1. The van der Waals surface area contributed by atoms with Crippen LogP contribution in [0.1, 0.15) is 16.7 Å². The van der Waals surface area contributed by atoms with E-state index in [0.29, 0.717) is 0 Å². The lowest BCUT2D eigenvalue weighted by Gasteiger charge is -1.99. The van der Waals surface area contributed by atoms with E-state index in [-0.39, 0.29) is 0 Å². The highest BCUT2D eigenvalue weighted by Gasteiger charge is 1.93. The fourth-order valence-corrected chi connectivity index (χ4v) is 1.04. The van der Waals surface area contributed by atoms with Crippen molar-refractivity contribution in [2.24, 2.45) is 0 Å². The minimum absolute atomic E-state index is 0.918. The average molecular weight is 295 g/mol. The third-order valence-electron chi connectivity index (χ3n) is 1.95. The van der Waals surface area contributed by atoms with E-state index in [9.17, 15) is 4.79 Å². The SMILES string of the molecule is Cc1ccc(/C=C/C(=O)O)cc1C.O=S(Cl)Cl. The maximum absolute atomic E-state index is 10.2. The quantitative estimate of drug-likeness (QED) is 0.671. The Balaban J connectivity index is 0.000000557. The topological polar surface area (TPSA) is 54.4 Å². The van der Waals surface area contributed by atoms with Gasteiger partial charge in [0.2, 0.25) is 9.23 Å². The van der Waals surface area contributed by atoms with Crippen molar-refractivity contribution in [3.05, 3.63) is 41.0 Å². The van der Waals surface area contributed by atoms with Gasteiger partial charge in [-0.05, 0) is 36.6 Å². The number of halogens is 2. The molecule has 0 saturated heterocycles. The molecule has 0 aliphatic heterocycles. The predicted octanol–water partition coefficient (Wildman–Crippen LogP) is 3.44. The minimum Gasteiger partial charge on any atom is -0.478 e. The van der Waals surface area contributed by atoms with E-state index >= 15 is 0 Å². The van der Waals surface area contributed by atoms with Gasteiger partial charge in [-0.15, -0.1) is 0 Å². The number of benzene rings is 1. The largest absolute Gasteiger partial charge is 0.478 e. The Labute approximate surface area is 112 Å². The molecule has 1 aromatic carbocycles. The van der Waals surface area contributed by atoms with Crippen LogP contribution >= 0.6 is 21.4 Å². The normalized spacial score (nSPS) is 10.2. The van der Waals surface area contributed by atoms with Crippen molar-refractivity contribution in [1.29, 1.82) is 0 Å². The van der Waals surface area contributed by atoms with Gasteiger partial charge in [-0.1, -0.05) is 18.2 Å². The smallest absolute Gasteiger partial charge is 0.328 e. The van der Waals surface area contributed by atoms with Crippen LogP contribution in [0.3, 0.4) is 0 Å². The Morgan fingerprint density at radius 2 is 1.82 bits per heavy atom. The molecule has 0 aromatic heterocycles. The summed E-state index contributed by atoms with van der Waals surface area (Å²) in [5.41, 5.74) is 3.31. The van der Waals surface area contributed by atoms with E-state index in [1.807, 2.05) is 32.0 Å². The number of aryl methyl sites for hydroxylation is 2. The van der Waals surface area contributed by atoms with E-state index in [1.54, 1.807) is 6.08 Å². The van der Waals surface area contributed by atoms with Crippen molar-refractivity contribution < 1.29 is 14.1 Å². The molecule has 1 N–H and O–H groups in total. The maximum Gasteiger partial charge on any atom is 0.328 e. The van der Waals surface area contributed by atoms with Crippen LogP contribution in [0, 0.1) is 13.8 Å². The Bertz CT molecular complexity index is 440. The van der Waals surface area contributed by atoms with Gasteiger partial charge in [0, 0.05) is 27.4 Å². The molecule has 17 heavy (non-hydrogen) atoms. The third-order valence-corrected chi connectivity index (χ3v) is 1.95. The van der Waals surface area contributed by atoms with Crippen LogP contribution in [0.5, 0.6) is 0 Å². The van der Waals surface area contributed by atoms with Crippen molar-refractivity contribution in [2.75, 3.05) is 0 Å². The van der Waals surface area contributed by atoms with E-state index in [2.05, 4.69) is 21.4 Å². The molecule has 0 bridgehead atoms. The van der Waals surface area contributed by atoms with Gasteiger partial charge in [0.15, 0.2) is 0 Å². The van der Waals surface area contributed by atoms with E-state index in [0.717, 1.165) is 11.6 Å². The van der Waals surface area contributed by atoms with E-state index in [4.69, 9.17) is 9.32 Å². The lowest BCUT2D eigenvalue weighted by molar-refractivity contribution is -0.131. The second kappa shape index (κ2) is 8.28. The first-order valence-corrected chi connectivity index (χ1v) is 7.35. The van der Waals surface area contributed by atoms with Gasteiger partial charge in [0.25, 0.3) is 0 Å². The highest BCUT2D eigenvalue weighted by Crippen LogP contribution is 2.10. The molecule has 0 aliphatic rings. The Morgan fingerprint density at radius 1 is 1.29 bits per heavy atom. The highest BCUT2D eigenvalue weighted by molar-refractivity contribution is 8.26. The molecular formula is C11H12Cl2O3S. The molecule has 0 amide bonds. The molecular weight excluding hydrogens is 283 g/mol. The molecule has 0 radical (unpaired) electrons. The van der Waals surface area contributed by atoms with Crippen molar-refractivity contribution in [3.8, 4) is 0 Å². The lowest BCUT2D eigenvalue weighted by atomic mass is 10.1. The first kappa shape index (κ1) is 16.2. The van der Waals surface area contributed by atoms with Crippen molar-refractivity contribution >= 4 is 42.6 Å². The predicted molar refractivity (Wildman–Crippen MR) is 72.4 cm³/mol. The monoisotopic (exact) mass is 294 g/mol. The summed E-state index contributed by atoms with van der Waals surface area (Å²) in [7, 11) is 7.36. The number of rotatable bonds is 2. The number of carbonyl (C=O) groups is 1. The number of hydrogen-bond donors (Lipinski definition) is 1. The van der Waals surface area contributed by atoms with Crippen molar-refractivity contribution in [3.63, 3.8) is 0 Å². The molecule has 0 unspecified atom stereocenters. The highest BCUT2D eigenvalue weighted by atomic mass is 36.0. The summed E-state index contributed by atoms with van der Waals surface area (Å²) in [5.74, 6) is -0.918. The maximum atomic E-state index is 10.2. The van der Waals surface area contributed by atoms with Gasteiger partial charge in [-0.3, -0.25) is 0 Å². The van der Waals surface area contributed by atoms with Gasteiger partial charge in [0.05, 0.1) is 0 Å². The van der Waals surface area contributed by atoms with Gasteiger partial charge in [0.1, 0.15) is 0 Å². The van der Waals surface area contributed by atoms with Crippen LogP contribution in [-0.4, -0.2) is 15.3 Å². The Morgan fingerprint density at radius 3 is 2.24 bits per heavy atom. The fraction of sp³-hybridized carbons (Fsp3) is 0.182. The summed E-state index contributed by atoms with van der Waals surface area (Å²) < 4.78 is 9.09. The van der Waals surface area contributed by atoms with Gasteiger partial charge in [-0.2, -0.15) is 0 Å². The summed E-state index contributed by atoms with van der Waals surface area (Å²) in [4.78, 5) is 10.2. The van der Waals surface area contributed by atoms with Gasteiger partial charge < -0.3 is 5.11 Å². The van der Waals surface area contributed by atoms with Crippen LogP contribution < -0.4 is 0 Å². The summed E-state index contributed by atoms with van der Waals surface area (Å²) in [6.45, 7) is 4.04.